The van der Waals surface area contributed by atoms with E-state index in [4.69, 9.17) is 10.00 Å². The topological polar surface area (TPSA) is 53.3 Å². The molecule has 4 nitrogen and oxygen atoms in total. The van der Waals surface area contributed by atoms with E-state index in [1.807, 2.05) is 13.8 Å². The number of nitriles is 1. The van der Waals surface area contributed by atoms with E-state index in [-0.39, 0.29) is 17.7 Å². The Hall–Kier alpha value is -1.08. The zero-order valence-corrected chi connectivity index (χ0v) is 9.40. The first kappa shape index (κ1) is 12.0. The standard InChI is InChI=1S/C11H18N2O2/c1-3-13(7-9(2)6-12)11(14)10-4-5-15-8-10/h9-10H,3-5,7-8H2,1-2H3. The van der Waals surface area contributed by atoms with Crippen LogP contribution in [0.25, 0.3) is 0 Å². The van der Waals surface area contributed by atoms with Crippen molar-refractivity contribution in [3.8, 4) is 6.07 Å². The molecule has 1 aliphatic rings. The number of carbonyl (C=O) groups excluding carboxylic acids is 1. The molecule has 0 bridgehead atoms. The Balaban J connectivity index is 2.50. The summed E-state index contributed by atoms with van der Waals surface area (Å²) < 4.78 is 5.19. The molecule has 1 rings (SSSR count). The van der Waals surface area contributed by atoms with E-state index < -0.39 is 0 Å². The van der Waals surface area contributed by atoms with Gasteiger partial charge in [-0.15, -0.1) is 0 Å². The number of rotatable bonds is 4. The lowest BCUT2D eigenvalue weighted by molar-refractivity contribution is -0.135. The number of amides is 1. The molecule has 2 unspecified atom stereocenters. The molecule has 0 radical (unpaired) electrons. The maximum Gasteiger partial charge on any atom is 0.228 e. The fourth-order valence-corrected chi connectivity index (χ4v) is 1.73. The van der Waals surface area contributed by atoms with Gasteiger partial charge in [-0.1, -0.05) is 0 Å². The van der Waals surface area contributed by atoms with Gasteiger partial charge in [-0.25, -0.2) is 0 Å². The maximum atomic E-state index is 12.0. The molecule has 84 valence electrons. The van der Waals surface area contributed by atoms with Crippen molar-refractivity contribution in [2.45, 2.75) is 20.3 Å². The van der Waals surface area contributed by atoms with Crippen molar-refractivity contribution in [1.29, 1.82) is 5.26 Å². The number of ether oxygens (including phenoxy) is 1. The van der Waals surface area contributed by atoms with Crippen LogP contribution in [-0.4, -0.2) is 37.1 Å². The summed E-state index contributed by atoms with van der Waals surface area (Å²) >= 11 is 0. The minimum Gasteiger partial charge on any atom is -0.381 e. The highest BCUT2D eigenvalue weighted by molar-refractivity contribution is 5.79. The van der Waals surface area contributed by atoms with Gasteiger partial charge in [0.05, 0.1) is 24.5 Å². The first-order valence-corrected chi connectivity index (χ1v) is 5.45. The largest absolute Gasteiger partial charge is 0.381 e. The predicted octanol–water partition coefficient (Wildman–Crippen LogP) is 1.03. The zero-order valence-electron chi connectivity index (χ0n) is 9.40. The molecule has 1 amide bonds. The van der Waals surface area contributed by atoms with Gasteiger partial charge in [-0.2, -0.15) is 5.26 Å². The summed E-state index contributed by atoms with van der Waals surface area (Å²) in [5.74, 6) is 0.0455. The molecule has 4 heteroatoms. The first-order valence-electron chi connectivity index (χ1n) is 5.45. The zero-order chi connectivity index (χ0) is 11.3. The van der Waals surface area contributed by atoms with Gasteiger partial charge < -0.3 is 9.64 Å². The molecule has 1 aliphatic heterocycles. The summed E-state index contributed by atoms with van der Waals surface area (Å²) in [5.41, 5.74) is 0. The van der Waals surface area contributed by atoms with Gasteiger partial charge in [-0.3, -0.25) is 4.79 Å². The Kier molecular flexibility index (Phi) is 4.57. The average molecular weight is 210 g/mol. The molecule has 1 fully saturated rings. The fraction of sp³-hybridized carbons (Fsp3) is 0.818. The second-order valence-electron chi connectivity index (χ2n) is 3.97. The minimum atomic E-state index is -0.101. The Bertz CT molecular complexity index is 254. The SMILES string of the molecule is CCN(CC(C)C#N)C(=O)C1CCOC1. The van der Waals surface area contributed by atoms with Crippen LogP contribution in [0.5, 0.6) is 0 Å². The van der Waals surface area contributed by atoms with Crippen molar-refractivity contribution >= 4 is 5.91 Å². The van der Waals surface area contributed by atoms with E-state index in [1.165, 1.54) is 0 Å². The molecule has 0 aromatic rings. The molecular weight excluding hydrogens is 192 g/mol. The third-order valence-electron chi connectivity index (χ3n) is 2.69. The molecule has 0 N–H and O–H groups in total. The second kappa shape index (κ2) is 5.72. The van der Waals surface area contributed by atoms with Crippen LogP contribution in [0.4, 0.5) is 0 Å². The Morgan fingerprint density at radius 3 is 2.93 bits per heavy atom. The number of carbonyl (C=O) groups is 1. The Morgan fingerprint density at radius 1 is 1.73 bits per heavy atom. The van der Waals surface area contributed by atoms with Crippen LogP contribution in [0.1, 0.15) is 20.3 Å². The van der Waals surface area contributed by atoms with Crippen molar-refractivity contribution in [1.82, 2.24) is 4.90 Å². The van der Waals surface area contributed by atoms with E-state index in [0.29, 0.717) is 26.3 Å². The third-order valence-corrected chi connectivity index (χ3v) is 2.69. The Labute approximate surface area is 90.8 Å². The van der Waals surface area contributed by atoms with Crippen LogP contribution in [0.15, 0.2) is 0 Å². The highest BCUT2D eigenvalue weighted by Crippen LogP contribution is 2.16. The minimum absolute atomic E-state index is 0.0100. The monoisotopic (exact) mass is 210 g/mol. The van der Waals surface area contributed by atoms with Crippen molar-refractivity contribution < 1.29 is 9.53 Å². The van der Waals surface area contributed by atoms with E-state index in [1.54, 1.807) is 4.90 Å². The average Bonchev–Trinajstić information content (AvgIpc) is 2.77. The van der Waals surface area contributed by atoms with Gasteiger partial charge in [0.1, 0.15) is 0 Å². The third kappa shape index (κ3) is 3.21. The van der Waals surface area contributed by atoms with Gasteiger partial charge in [0.2, 0.25) is 5.91 Å². The number of hydrogen-bond donors (Lipinski definition) is 0. The normalized spacial score (nSPS) is 22.1. The predicted molar refractivity (Wildman–Crippen MR) is 56.0 cm³/mol. The van der Waals surface area contributed by atoms with E-state index >= 15 is 0 Å². The van der Waals surface area contributed by atoms with Crippen molar-refractivity contribution in [2.75, 3.05) is 26.3 Å². The molecule has 0 aliphatic carbocycles. The highest BCUT2D eigenvalue weighted by atomic mass is 16.5. The lowest BCUT2D eigenvalue weighted by Gasteiger charge is -2.24. The lowest BCUT2D eigenvalue weighted by Crippen LogP contribution is -2.38. The lowest BCUT2D eigenvalue weighted by atomic mass is 10.1. The summed E-state index contributed by atoms with van der Waals surface area (Å²) in [7, 11) is 0. The quantitative estimate of drug-likeness (QED) is 0.696. The number of hydrogen-bond acceptors (Lipinski definition) is 3. The highest BCUT2D eigenvalue weighted by Gasteiger charge is 2.27. The van der Waals surface area contributed by atoms with Gasteiger partial charge in [0.15, 0.2) is 0 Å². The van der Waals surface area contributed by atoms with Crippen LogP contribution >= 0.6 is 0 Å². The van der Waals surface area contributed by atoms with Crippen LogP contribution in [0, 0.1) is 23.2 Å². The van der Waals surface area contributed by atoms with Crippen molar-refractivity contribution in [3.05, 3.63) is 0 Å². The van der Waals surface area contributed by atoms with Gasteiger partial charge >= 0.3 is 0 Å². The maximum absolute atomic E-state index is 12.0. The van der Waals surface area contributed by atoms with Crippen molar-refractivity contribution in [3.63, 3.8) is 0 Å². The van der Waals surface area contributed by atoms with Crippen LogP contribution in [0.3, 0.4) is 0 Å². The molecule has 0 aromatic carbocycles. The summed E-state index contributed by atoms with van der Waals surface area (Å²) in [4.78, 5) is 13.7. The molecule has 15 heavy (non-hydrogen) atoms. The molecule has 0 saturated carbocycles. The molecular formula is C11H18N2O2. The van der Waals surface area contributed by atoms with Crippen molar-refractivity contribution in [2.24, 2.45) is 11.8 Å². The second-order valence-corrected chi connectivity index (χ2v) is 3.97. The molecule has 0 aromatic heterocycles. The summed E-state index contributed by atoms with van der Waals surface area (Å²) in [5, 5.41) is 8.71. The van der Waals surface area contributed by atoms with Gasteiger partial charge in [0, 0.05) is 19.7 Å². The summed E-state index contributed by atoms with van der Waals surface area (Å²) in [6.45, 7) is 6.20. The van der Waals surface area contributed by atoms with E-state index in [2.05, 4.69) is 6.07 Å². The summed E-state index contributed by atoms with van der Waals surface area (Å²) in [6, 6.07) is 2.15. The van der Waals surface area contributed by atoms with E-state index in [9.17, 15) is 4.79 Å². The van der Waals surface area contributed by atoms with E-state index in [0.717, 1.165) is 6.42 Å². The van der Waals surface area contributed by atoms with Gasteiger partial charge in [0.25, 0.3) is 0 Å². The van der Waals surface area contributed by atoms with Crippen LogP contribution in [-0.2, 0) is 9.53 Å². The Morgan fingerprint density at radius 2 is 2.47 bits per heavy atom. The fourth-order valence-electron chi connectivity index (χ4n) is 1.73. The summed E-state index contributed by atoms with van der Waals surface area (Å²) in [6.07, 6.45) is 0.816. The molecule has 0 spiro atoms. The number of nitrogens with zero attached hydrogens (tertiary/aromatic N) is 2. The molecule has 1 saturated heterocycles. The molecule has 1 heterocycles. The van der Waals surface area contributed by atoms with Gasteiger partial charge in [-0.05, 0) is 20.3 Å². The first-order chi connectivity index (χ1) is 7.19. The van der Waals surface area contributed by atoms with Crippen LogP contribution < -0.4 is 0 Å². The molecule has 2 atom stereocenters. The van der Waals surface area contributed by atoms with Crippen LogP contribution in [0.2, 0.25) is 0 Å². The smallest absolute Gasteiger partial charge is 0.228 e.